The summed E-state index contributed by atoms with van der Waals surface area (Å²) in [6.45, 7) is 4.04. The van der Waals surface area contributed by atoms with Crippen molar-refractivity contribution in [3.8, 4) is 0 Å². The first-order valence-corrected chi connectivity index (χ1v) is 14.2. The van der Waals surface area contributed by atoms with Crippen LogP contribution in [0.1, 0.15) is 48.8 Å². The minimum absolute atomic E-state index is 0.0159. The van der Waals surface area contributed by atoms with E-state index < -0.39 is 12.1 Å². The maximum atomic E-state index is 13.5. The van der Waals surface area contributed by atoms with Gasteiger partial charge in [0.05, 0.1) is 6.54 Å². The van der Waals surface area contributed by atoms with Crippen LogP contribution < -0.4 is 15.3 Å². The molecule has 4 rings (SSSR count). The molecule has 3 aromatic carbocycles. The molecule has 1 heterocycles. The monoisotopic (exact) mass is 608 g/mol. The lowest BCUT2D eigenvalue weighted by atomic mass is 9.86. The van der Waals surface area contributed by atoms with Crippen molar-refractivity contribution in [2.75, 3.05) is 6.54 Å². The van der Waals surface area contributed by atoms with Crippen LogP contribution in [0.4, 0.5) is 13.2 Å². The van der Waals surface area contributed by atoms with Crippen molar-refractivity contribution in [1.82, 2.24) is 5.32 Å². The molecule has 10 heteroatoms. The topological polar surface area (TPSA) is 73.7 Å². The summed E-state index contributed by atoms with van der Waals surface area (Å²) in [4.78, 5) is 23.7. The number of carbonyl (C=O) groups is 2. The van der Waals surface area contributed by atoms with E-state index in [4.69, 9.17) is 33.1 Å². The number of aliphatic carboxylic acids is 1. The van der Waals surface area contributed by atoms with Gasteiger partial charge in [0, 0.05) is 34.0 Å². The molecule has 0 aliphatic carbocycles. The Morgan fingerprint density at radius 2 is 1.49 bits per heavy atom. The molecule has 0 saturated carbocycles. The number of hydrogen-bond acceptors (Lipinski definition) is 3. The van der Waals surface area contributed by atoms with Gasteiger partial charge in [-0.1, -0.05) is 77.8 Å². The van der Waals surface area contributed by atoms with Gasteiger partial charge in [-0.3, -0.25) is 4.79 Å². The predicted molar refractivity (Wildman–Crippen MR) is 152 cm³/mol. The highest BCUT2D eigenvalue weighted by atomic mass is 35.5. The number of alkyl halides is 3. The van der Waals surface area contributed by atoms with Gasteiger partial charge in [0.1, 0.15) is 12.5 Å². The lowest BCUT2D eigenvalue weighted by Gasteiger charge is -2.34. The van der Waals surface area contributed by atoms with E-state index in [1.165, 1.54) is 28.0 Å². The zero-order valence-electron chi connectivity index (χ0n) is 22.6. The minimum atomic E-state index is -5.19. The van der Waals surface area contributed by atoms with E-state index in [-0.39, 0.29) is 23.9 Å². The molecule has 0 aromatic heterocycles. The first kappa shape index (κ1) is 32.4. The number of quaternary nitrogens is 1. The third-order valence-corrected chi connectivity index (χ3v) is 7.70. The van der Waals surface area contributed by atoms with Gasteiger partial charge < -0.3 is 20.1 Å². The van der Waals surface area contributed by atoms with Crippen molar-refractivity contribution in [2.24, 2.45) is 0 Å². The Morgan fingerprint density at radius 3 is 2.05 bits per heavy atom. The maximum absolute atomic E-state index is 13.5. The van der Waals surface area contributed by atoms with Crippen LogP contribution in [0.15, 0.2) is 78.9 Å². The van der Waals surface area contributed by atoms with E-state index in [0.29, 0.717) is 5.02 Å². The molecule has 0 spiro atoms. The summed E-state index contributed by atoms with van der Waals surface area (Å²) in [5, 5.41) is 13.6. The number of carboxylic acid groups (broad SMARTS) is 1. The summed E-state index contributed by atoms with van der Waals surface area (Å²) < 4.78 is 31.5. The fourth-order valence-corrected chi connectivity index (χ4v) is 5.31. The van der Waals surface area contributed by atoms with Gasteiger partial charge in [-0.15, -0.1) is 0 Å². The molecule has 1 aliphatic heterocycles. The van der Waals surface area contributed by atoms with Gasteiger partial charge in [0.15, 0.2) is 6.04 Å². The third kappa shape index (κ3) is 10.4. The molecular formula is C31H33Cl2F3N2O3. The Kier molecular flexibility index (Phi) is 12.1. The number of likely N-dealkylation sites (tertiary alicyclic amines) is 1. The fourth-order valence-electron chi connectivity index (χ4n) is 5.06. The normalized spacial score (nSPS) is 18.4. The highest BCUT2D eigenvalue weighted by molar-refractivity contribution is 6.30. The van der Waals surface area contributed by atoms with Gasteiger partial charge in [-0.2, -0.15) is 13.2 Å². The molecule has 1 aliphatic rings. The van der Waals surface area contributed by atoms with Gasteiger partial charge in [-0.25, -0.2) is 0 Å². The van der Waals surface area contributed by atoms with Crippen molar-refractivity contribution >= 4 is 35.1 Å². The molecule has 2 N–H and O–H groups in total. The standard InChI is InChI=1S/C29H32Cl2N2O.C2HF3O2/c1-21(27(24-12-16-26(31)17-13-24)19-22-10-14-25(30)15-11-22)32-29(34)28-9-5-6-18-33(28)20-23-7-3-2-4-8-23;3-2(4,5)1(6)7/h2-4,7-8,10-17,21,27-28H,5-6,9,18-20H2,1H3,(H,32,34);(H,6,7)/t21-,27+,28?;/m1./s1. The van der Waals surface area contributed by atoms with E-state index in [2.05, 4.69) is 60.8 Å². The Balaban J connectivity index is 0.000000587. The molecule has 3 aromatic rings. The quantitative estimate of drug-likeness (QED) is 0.387. The molecule has 0 radical (unpaired) electrons. The summed E-state index contributed by atoms with van der Waals surface area (Å²) in [5.74, 6) is -2.72. The average Bonchev–Trinajstić information content (AvgIpc) is 2.94. The Bertz CT molecular complexity index is 1260. The van der Waals surface area contributed by atoms with E-state index >= 15 is 0 Å². The molecular weight excluding hydrogens is 576 g/mol. The zero-order chi connectivity index (χ0) is 30.0. The first-order valence-electron chi connectivity index (χ1n) is 13.4. The predicted octanol–water partition coefficient (Wildman–Crippen LogP) is 4.76. The van der Waals surface area contributed by atoms with Crippen LogP contribution in [0.5, 0.6) is 0 Å². The molecule has 5 nitrogen and oxygen atoms in total. The molecule has 0 bridgehead atoms. The number of piperidine rings is 1. The molecule has 41 heavy (non-hydrogen) atoms. The van der Waals surface area contributed by atoms with Crippen LogP contribution in [0.25, 0.3) is 0 Å². The lowest BCUT2D eigenvalue weighted by molar-refractivity contribution is -0.934. The number of carbonyl (C=O) groups excluding carboxylic acids is 2. The second-order valence-electron chi connectivity index (χ2n) is 10.2. The third-order valence-electron chi connectivity index (χ3n) is 7.20. The number of halogens is 5. The number of rotatable bonds is 8. The van der Waals surface area contributed by atoms with Crippen LogP contribution in [0, 0.1) is 0 Å². The number of hydrogen-bond donors (Lipinski definition) is 2. The highest BCUT2D eigenvalue weighted by Gasteiger charge is 2.34. The maximum Gasteiger partial charge on any atom is 0.430 e. The van der Waals surface area contributed by atoms with Crippen molar-refractivity contribution in [2.45, 2.75) is 63.3 Å². The van der Waals surface area contributed by atoms with Crippen LogP contribution >= 0.6 is 23.2 Å². The smallest absolute Gasteiger partial charge is 0.430 e. The van der Waals surface area contributed by atoms with Crippen molar-refractivity contribution in [3.05, 3.63) is 106 Å². The van der Waals surface area contributed by atoms with Gasteiger partial charge in [0.2, 0.25) is 0 Å². The zero-order valence-corrected chi connectivity index (χ0v) is 24.1. The van der Waals surface area contributed by atoms with Crippen molar-refractivity contribution in [1.29, 1.82) is 0 Å². The molecule has 2 unspecified atom stereocenters. The van der Waals surface area contributed by atoms with Crippen LogP contribution in [-0.2, 0) is 22.6 Å². The van der Waals surface area contributed by atoms with Crippen molar-refractivity contribution in [3.63, 3.8) is 0 Å². The molecule has 1 fully saturated rings. The van der Waals surface area contributed by atoms with Gasteiger partial charge >= 0.3 is 6.18 Å². The summed E-state index contributed by atoms with van der Waals surface area (Å²) >= 11 is 12.3. The second kappa shape index (κ2) is 15.2. The Labute approximate surface area is 248 Å². The largest absolute Gasteiger partial charge is 0.542 e. The van der Waals surface area contributed by atoms with E-state index in [9.17, 15) is 18.0 Å². The summed E-state index contributed by atoms with van der Waals surface area (Å²) in [5.41, 5.74) is 3.65. The summed E-state index contributed by atoms with van der Waals surface area (Å²) in [6, 6.07) is 26.4. The minimum Gasteiger partial charge on any atom is -0.542 e. The molecule has 1 amide bonds. The van der Waals surface area contributed by atoms with Crippen molar-refractivity contribution < 1.29 is 32.8 Å². The number of nitrogens with one attached hydrogen (secondary N) is 2. The average molecular weight is 610 g/mol. The molecule has 4 atom stereocenters. The highest BCUT2D eigenvalue weighted by Crippen LogP contribution is 2.27. The second-order valence-corrected chi connectivity index (χ2v) is 11.1. The van der Waals surface area contributed by atoms with Crippen LogP contribution in [0.2, 0.25) is 10.0 Å². The van der Waals surface area contributed by atoms with E-state index in [1.54, 1.807) is 0 Å². The van der Waals surface area contributed by atoms with Gasteiger partial charge in [0.25, 0.3) is 5.91 Å². The first-order chi connectivity index (χ1) is 19.4. The number of carboxylic acids is 1. The molecule has 1 saturated heterocycles. The van der Waals surface area contributed by atoms with E-state index in [1.807, 2.05) is 30.3 Å². The van der Waals surface area contributed by atoms with Gasteiger partial charge in [-0.05, 0) is 61.6 Å². The van der Waals surface area contributed by atoms with Crippen LogP contribution in [-0.4, -0.2) is 36.7 Å². The van der Waals surface area contributed by atoms with E-state index in [0.717, 1.165) is 37.4 Å². The number of benzene rings is 3. The fraction of sp³-hybridized carbons (Fsp3) is 0.355. The lowest BCUT2D eigenvalue weighted by Crippen LogP contribution is -3.16. The van der Waals surface area contributed by atoms with Crippen LogP contribution in [0.3, 0.4) is 0 Å². The summed E-state index contributed by atoms with van der Waals surface area (Å²) in [7, 11) is 0. The SMILES string of the molecule is C[C@@H](NC(=O)C1CCCC[NH+]1Cc1ccccc1)[C@H](Cc1ccc(Cl)cc1)c1ccc(Cl)cc1.O=C([O-])C(F)(F)F. The summed E-state index contributed by atoms with van der Waals surface area (Å²) in [6.07, 6.45) is -1.17. The number of amides is 1. The molecule has 220 valence electrons. The Hall–Kier alpha value is -3.07. The Morgan fingerprint density at radius 1 is 0.927 bits per heavy atom.